The minimum atomic E-state index is 0.212. The van der Waals surface area contributed by atoms with Gasteiger partial charge >= 0.3 is 0 Å². The van der Waals surface area contributed by atoms with Crippen LogP contribution in [0.1, 0.15) is 18.4 Å². The summed E-state index contributed by atoms with van der Waals surface area (Å²) in [5, 5.41) is 13.0. The molecule has 0 aliphatic heterocycles. The molecule has 0 bridgehead atoms. The molecule has 0 fully saturated rings. The smallest absolute Gasteiger partial charge is 0.146 e. The maximum absolute atomic E-state index is 9.88. The molecule has 2 heterocycles. The number of hydrogen-bond acceptors (Lipinski definition) is 3. The summed E-state index contributed by atoms with van der Waals surface area (Å²) in [6, 6.07) is 13.6. The summed E-state index contributed by atoms with van der Waals surface area (Å²) >= 11 is 0. The third kappa shape index (κ3) is 2.16. The van der Waals surface area contributed by atoms with Crippen LogP contribution in [0, 0.1) is 6.92 Å². The summed E-state index contributed by atoms with van der Waals surface area (Å²) in [7, 11) is 0. The number of nitrogens with zero attached hydrogens (tertiary/aromatic N) is 1. The molecular weight excluding hydrogens is 310 g/mol. The predicted molar refractivity (Wildman–Crippen MR) is 101 cm³/mol. The number of phenolic OH excluding ortho intramolecular Hbond substituents is 1. The van der Waals surface area contributed by atoms with Crippen LogP contribution in [0.2, 0.25) is 0 Å². The van der Waals surface area contributed by atoms with Gasteiger partial charge < -0.3 is 9.52 Å². The van der Waals surface area contributed by atoms with Crippen LogP contribution in [0.15, 0.2) is 46.9 Å². The summed E-state index contributed by atoms with van der Waals surface area (Å²) in [5.41, 5.74) is 5.70. The molecule has 0 unspecified atom stereocenters. The number of aromatic nitrogens is 1. The summed E-state index contributed by atoms with van der Waals surface area (Å²) in [6.45, 7) is 2.08. The zero-order chi connectivity index (χ0) is 17.0. The van der Waals surface area contributed by atoms with E-state index in [1.54, 1.807) is 12.1 Å². The number of furan rings is 1. The Morgan fingerprint density at radius 3 is 2.64 bits per heavy atom. The van der Waals surface area contributed by atoms with Gasteiger partial charge in [0.15, 0.2) is 0 Å². The average Bonchev–Trinajstić information content (AvgIpc) is 3.01. The number of fused-ring (bicyclic) bond motifs is 5. The first-order valence-electron chi connectivity index (χ1n) is 8.53. The Morgan fingerprint density at radius 1 is 1.00 bits per heavy atom. The molecule has 0 amide bonds. The highest BCUT2D eigenvalue weighted by Crippen LogP contribution is 2.32. The third-order valence-electron chi connectivity index (χ3n) is 4.84. The first kappa shape index (κ1) is 14.3. The van der Waals surface area contributed by atoms with Gasteiger partial charge in [0.25, 0.3) is 0 Å². The van der Waals surface area contributed by atoms with E-state index < -0.39 is 0 Å². The van der Waals surface area contributed by atoms with Crippen molar-refractivity contribution in [2.24, 2.45) is 0 Å². The fourth-order valence-corrected chi connectivity index (χ4v) is 3.58. The molecular formula is C22H17NO2. The van der Waals surface area contributed by atoms with E-state index in [4.69, 9.17) is 9.40 Å². The highest BCUT2D eigenvalue weighted by Gasteiger charge is 2.17. The van der Waals surface area contributed by atoms with Gasteiger partial charge in [-0.25, -0.2) is 4.98 Å². The van der Waals surface area contributed by atoms with Crippen molar-refractivity contribution in [3.8, 4) is 17.0 Å². The van der Waals surface area contributed by atoms with Gasteiger partial charge in [-0.1, -0.05) is 35.9 Å². The standard InChI is InChI=1S/C22H17NO2/c1-13-6-8-14(9-7-13)21-20-17-4-2-3-5-19(17)25-22(20)16-11-10-15(24)12-18(16)23-21/h4-12,24H,2-3H2,1H3. The van der Waals surface area contributed by atoms with Gasteiger partial charge in [0, 0.05) is 22.2 Å². The van der Waals surface area contributed by atoms with E-state index in [2.05, 4.69) is 43.3 Å². The van der Waals surface area contributed by atoms with Crippen molar-refractivity contribution in [3.63, 3.8) is 0 Å². The number of aryl methyl sites for hydroxylation is 1. The zero-order valence-electron chi connectivity index (χ0n) is 13.9. The minimum Gasteiger partial charge on any atom is -0.508 e. The molecule has 1 aliphatic rings. The molecule has 5 rings (SSSR count). The Hall–Kier alpha value is -3.07. The second kappa shape index (κ2) is 5.21. The van der Waals surface area contributed by atoms with Gasteiger partial charge in [0.2, 0.25) is 0 Å². The second-order valence-electron chi connectivity index (χ2n) is 6.60. The van der Waals surface area contributed by atoms with Crippen LogP contribution in [-0.4, -0.2) is 10.1 Å². The molecule has 0 saturated carbocycles. The van der Waals surface area contributed by atoms with E-state index in [-0.39, 0.29) is 5.75 Å². The van der Waals surface area contributed by atoms with Crippen LogP contribution in [0.5, 0.6) is 5.75 Å². The largest absolute Gasteiger partial charge is 0.508 e. The minimum absolute atomic E-state index is 0.212. The van der Waals surface area contributed by atoms with Gasteiger partial charge in [-0.05, 0) is 38.0 Å². The lowest BCUT2D eigenvalue weighted by Crippen LogP contribution is -2.22. The van der Waals surface area contributed by atoms with Gasteiger partial charge in [0.1, 0.15) is 16.7 Å². The molecule has 0 radical (unpaired) electrons. The number of aromatic hydroxyl groups is 1. The molecule has 0 atom stereocenters. The first-order chi connectivity index (χ1) is 12.2. The van der Waals surface area contributed by atoms with Gasteiger partial charge in [0.05, 0.1) is 16.6 Å². The van der Waals surface area contributed by atoms with Crippen molar-refractivity contribution in [1.82, 2.24) is 4.98 Å². The molecule has 25 heavy (non-hydrogen) atoms. The van der Waals surface area contributed by atoms with Crippen molar-refractivity contribution < 1.29 is 9.52 Å². The lowest BCUT2D eigenvalue weighted by molar-refractivity contribution is 0.476. The highest BCUT2D eigenvalue weighted by atomic mass is 16.3. The summed E-state index contributed by atoms with van der Waals surface area (Å²) < 4.78 is 6.22. The molecule has 3 nitrogen and oxygen atoms in total. The molecule has 4 aromatic rings. The van der Waals surface area contributed by atoms with Crippen LogP contribution in [-0.2, 0) is 0 Å². The molecule has 2 aromatic carbocycles. The van der Waals surface area contributed by atoms with Crippen LogP contribution >= 0.6 is 0 Å². The Morgan fingerprint density at radius 2 is 1.80 bits per heavy atom. The van der Waals surface area contributed by atoms with Crippen LogP contribution < -0.4 is 10.6 Å². The normalized spacial score (nSPS) is 13.5. The summed E-state index contributed by atoms with van der Waals surface area (Å²) in [5.74, 6) is 0.212. The quantitative estimate of drug-likeness (QED) is 0.574. The third-order valence-corrected chi connectivity index (χ3v) is 4.84. The SMILES string of the molecule is Cc1ccc(-c2nc3cc(O)ccc3c3oc4c(c23)=CCCC=4)cc1. The molecule has 0 saturated heterocycles. The van der Waals surface area contributed by atoms with E-state index in [0.717, 1.165) is 56.6 Å². The lowest BCUT2D eigenvalue weighted by atomic mass is 10.0. The van der Waals surface area contributed by atoms with E-state index in [9.17, 15) is 5.11 Å². The topological polar surface area (TPSA) is 46.3 Å². The fraction of sp³-hybridized carbons (Fsp3) is 0.136. The van der Waals surface area contributed by atoms with Gasteiger partial charge in [-0.2, -0.15) is 0 Å². The lowest BCUT2D eigenvalue weighted by Gasteiger charge is -2.07. The monoisotopic (exact) mass is 327 g/mol. The number of hydrogen-bond donors (Lipinski definition) is 1. The van der Waals surface area contributed by atoms with E-state index >= 15 is 0 Å². The van der Waals surface area contributed by atoms with Crippen LogP contribution in [0.25, 0.3) is 45.3 Å². The Balaban J connectivity index is 2.01. The van der Waals surface area contributed by atoms with Crippen molar-refractivity contribution in [2.75, 3.05) is 0 Å². The summed E-state index contributed by atoms with van der Waals surface area (Å²) in [4.78, 5) is 4.89. The number of pyridine rings is 1. The molecule has 1 aliphatic carbocycles. The molecule has 2 aromatic heterocycles. The average molecular weight is 327 g/mol. The zero-order valence-corrected chi connectivity index (χ0v) is 13.9. The predicted octanol–water partition coefficient (Wildman–Crippen LogP) is 4.02. The maximum atomic E-state index is 9.88. The van der Waals surface area contributed by atoms with Crippen molar-refractivity contribution >= 4 is 34.0 Å². The van der Waals surface area contributed by atoms with Gasteiger partial charge in [-0.3, -0.25) is 0 Å². The van der Waals surface area contributed by atoms with Gasteiger partial charge in [-0.15, -0.1) is 0 Å². The van der Waals surface area contributed by atoms with E-state index in [0.29, 0.717) is 0 Å². The summed E-state index contributed by atoms with van der Waals surface area (Å²) in [6.07, 6.45) is 6.41. The van der Waals surface area contributed by atoms with Crippen molar-refractivity contribution in [3.05, 3.63) is 58.7 Å². The number of rotatable bonds is 1. The first-order valence-corrected chi connectivity index (χ1v) is 8.53. The Bertz CT molecular complexity index is 1250. The van der Waals surface area contributed by atoms with Crippen molar-refractivity contribution in [1.29, 1.82) is 0 Å². The maximum Gasteiger partial charge on any atom is 0.146 e. The van der Waals surface area contributed by atoms with E-state index in [1.165, 1.54) is 5.56 Å². The van der Waals surface area contributed by atoms with Crippen LogP contribution in [0.4, 0.5) is 0 Å². The molecule has 0 spiro atoms. The molecule has 3 heteroatoms. The van der Waals surface area contributed by atoms with Crippen LogP contribution in [0.3, 0.4) is 0 Å². The Labute approximate surface area is 144 Å². The number of phenols is 1. The van der Waals surface area contributed by atoms with E-state index in [1.807, 2.05) is 6.07 Å². The molecule has 122 valence electrons. The Kier molecular flexibility index (Phi) is 2.98. The second-order valence-corrected chi connectivity index (χ2v) is 6.60. The number of benzene rings is 2. The molecule has 1 N–H and O–H groups in total. The van der Waals surface area contributed by atoms with Crippen molar-refractivity contribution in [2.45, 2.75) is 19.8 Å². The highest BCUT2D eigenvalue weighted by molar-refractivity contribution is 6.08. The fourth-order valence-electron chi connectivity index (χ4n) is 3.58.